The Morgan fingerprint density at radius 3 is 2.58 bits per heavy atom. The van der Waals surface area contributed by atoms with Gasteiger partial charge in [-0.05, 0) is 37.2 Å². The molecule has 1 heterocycles. The molecule has 5 nitrogen and oxygen atoms in total. The zero-order valence-electron chi connectivity index (χ0n) is 14.8. The maximum Gasteiger partial charge on any atom is 0.341 e. The van der Waals surface area contributed by atoms with Gasteiger partial charge >= 0.3 is 5.97 Å². The second-order valence-corrected chi connectivity index (χ2v) is 7.01. The van der Waals surface area contributed by atoms with Crippen LogP contribution >= 0.6 is 23.6 Å². The van der Waals surface area contributed by atoms with Gasteiger partial charge in [0.1, 0.15) is 5.00 Å². The first kappa shape index (κ1) is 20.1. The van der Waals surface area contributed by atoms with Crippen molar-refractivity contribution in [1.82, 2.24) is 5.32 Å². The number of anilines is 1. The van der Waals surface area contributed by atoms with E-state index in [9.17, 15) is 9.59 Å². The van der Waals surface area contributed by atoms with Crippen LogP contribution in [0.3, 0.4) is 0 Å². The van der Waals surface area contributed by atoms with Gasteiger partial charge in [-0.3, -0.25) is 4.79 Å². The SMILES string of the molecule is CCCCC(=O)NC(=S)Nc1sc(-c2ccccc2)cc1C(=O)OCC. The van der Waals surface area contributed by atoms with Crippen molar-refractivity contribution in [1.29, 1.82) is 0 Å². The third-order valence-electron chi connectivity index (χ3n) is 3.52. The predicted molar refractivity (Wildman–Crippen MR) is 110 cm³/mol. The predicted octanol–water partition coefficient (Wildman–Crippen LogP) is 4.60. The van der Waals surface area contributed by atoms with Crippen LogP contribution in [0.4, 0.5) is 5.00 Å². The molecule has 0 atom stereocenters. The minimum atomic E-state index is -0.423. The van der Waals surface area contributed by atoms with E-state index < -0.39 is 5.97 Å². The molecule has 2 N–H and O–H groups in total. The van der Waals surface area contributed by atoms with E-state index in [2.05, 4.69) is 10.6 Å². The highest BCUT2D eigenvalue weighted by Crippen LogP contribution is 2.35. The Kier molecular flexibility index (Phi) is 7.74. The van der Waals surface area contributed by atoms with E-state index in [1.54, 1.807) is 13.0 Å². The fourth-order valence-electron chi connectivity index (χ4n) is 2.25. The normalized spacial score (nSPS) is 10.2. The summed E-state index contributed by atoms with van der Waals surface area (Å²) in [5.74, 6) is -0.560. The molecule has 0 saturated carbocycles. The van der Waals surface area contributed by atoms with Gasteiger partial charge in [0.2, 0.25) is 5.91 Å². The first-order chi connectivity index (χ1) is 12.5. The molecule has 1 aromatic carbocycles. The second-order valence-electron chi connectivity index (χ2n) is 5.55. The van der Waals surface area contributed by atoms with Gasteiger partial charge in [-0.2, -0.15) is 0 Å². The largest absolute Gasteiger partial charge is 0.462 e. The second kappa shape index (κ2) is 10.0. The number of rotatable bonds is 7. The van der Waals surface area contributed by atoms with Gasteiger partial charge in [-0.25, -0.2) is 4.79 Å². The van der Waals surface area contributed by atoms with E-state index in [4.69, 9.17) is 17.0 Å². The number of amides is 1. The number of unbranched alkanes of at least 4 members (excludes halogenated alkanes) is 1. The number of thiocarbonyl (C=S) groups is 1. The van der Waals surface area contributed by atoms with Crippen LogP contribution in [0.2, 0.25) is 0 Å². The fourth-order valence-corrected chi connectivity index (χ4v) is 3.59. The van der Waals surface area contributed by atoms with E-state index in [0.29, 0.717) is 17.0 Å². The summed E-state index contributed by atoms with van der Waals surface area (Å²) in [6.07, 6.45) is 2.16. The van der Waals surface area contributed by atoms with Crippen LogP contribution in [0.15, 0.2) is 36.4 Å². The molecule has 0 saturated heterocycles. The molecule has 0 unspecified atom stereocenters. The molecule has 0 spiro atoms. The van der Waals surface area contributed by atoms with Crippen molar-refractivity contribution >= 4 is 45.5 Å². The summed E-state index contributed by atoms with van der Waals surface area (Å²) in [6.45, 7) is 4.06. The molecule has 1 aromatic heterocycles. The fraction of sp³-hybridized carbons (Fsp3) is 0.316. The third kappa shape index (κ3) is 5.64. The summed E-state index contributed by atoms with van der Waals surface area (Å²) in [7, 11) is 0. The molecule has 0 radical (unpaired) electrons. The molecular formula is C19H22N2O3S2. The van der Waals surface area contributed by atoms with Gasteiger partial charge in [0.25, 0.3) is 0 Å². The number of carbonyl (C=O) groups excluding carboxylic acids is 2. The van der Waals surface area contributed by atoms with Crippen molar-refractivity contribution in [2.75, 3.05) is 11.9 Å². The number of ether oxygens (including phenoxy) is 1. The summed E-state index contributed by atoms with van der Waals surface area (Å²) < 4.78 is 5.13. The van der Waals surface area contributed by atoms with Gasteiger partial charge in [0, 0.05) is 11.3 Å². The van der Waals surface area contributed by atoms with Gasteiger partial charge in [-0.1, -0.05) is 43.7 Å². The van der Waals surface area contributed by atoms with Crippen LogP contribution in [0.5, 0.6) is 0 Å². The highest BCUT2D eigenvalue weighted by molar-refractivity contribution is 7.80. The van der Waals surface area contributed by atoms with Crippen LogP contribution in [0.25, 0.3) is 10.4 Å². The number of esters is 1. The van der Waals surface area contributed by atoms with Crippen molar-refractivity contribution < 1.29 is 14.3 Å². The van der Waals surface area contributed by atoms with E-state index in [0.717, 1.165) is 23.3 Å². The average molecular weight is 391 g/mol. The Labute approximate surface area is 162 Å². The quantitative estimate of drug-likeness (QED) is 0.534. The molecule has 0 aliphatic rings. The molecule has 0 aliphatic carbocycles. The maximum atomic E-state index is 12.3. The van der Waals surface area contributed by atoms with E-state index >= 15 is 0 Å². The molecule has 138 valence electrons. The van der Waals surface area contributed by atoms with Crippen LogP contribution < -0.4 is 10.6 Å². The molecule has 2 rings (SSSR count). The molecule has 0 aliphatic heterocycles. The monoisotopic (exact) mass is 390 g/mol. The van der Waals surface area contributed by atoms with Gasteiger partial charge < -0.3 is 15.4 Å². The molecule has 2 aromatic rings. The Bertz CT molecular complexity index is 772. The highest BCUT2D eigenvalue weighted by Gasteiger charge is 2.19. The lowest BCUT2D eigenvalue weighted by Crippen LogP contribution is -2.34. The summed E-state index contributed by atoms with van der Waals surface area (Å²) >= 11 is 6.60. The van der Waals surface area contributed by atoms with Crippen molar-refractivity contribution in [3.8, 4) is 10.4 Å². The van der Waals surface area contributed by atoms with Crippen molar-refractivity contribution in [3.05, 3.63) is 42.0 Å². The molecule has 26 heavy (non-hydrogen) atoms. The van der Waals surface area contributed by atoms with Gasteiger partial charge in [0.15, 0.2) is 5.11 Å². The Hall–Kier alpha value is -2.25. The maximum absolute atomic E-state index is 12.3. The summed E-state index contributed by atoms with van der Waals surface area (Å²) in [5, 5.41) is 6.35. The van der Waals surface area contributed by atoms with Crippen molar-refractivity contribution in [2.45, 2.75) is 33.1 Å². The molecule has 0 bridgehead atoms. The lowest BCUT2D eigenvalue weighted by Gasteiger charge is -2.09. The third-order valence-corrected chi connectivity index (χ3v) is 4.83. The van der Waals surface area contributed by atoms with E-state index in [1.165, 1.54) is 11.3 Å². The lowest BCUT2D eigenvalue weighted by atomic mass is 10.1. The topological polar surface area (TPSA) is 67.4 Å². The molecule has 7 heteroatoms. The Morgan fingerprint density at radius 2 is 1.92 bits per heavy atom. The molecule has 1 amide bonds. The summed E-state index contributed by atoms with van der Waals surface area (Å²) in [4.78, 5) is 25.0. The summed E-state index contributed by atoms with van der Waals surface area (Å²) in [5.41, 5.74) is 1.40. The number of carbonyl (C=O) groups is 2. The number of benzene rings is 1. The van der Waals surface area contributed by atoms with Crippen LogP contribution in [-0.4, -0.2) is 23.6 Å². The number of hydrogen-bond donors (Lipinski definition) is 2. The smallest absolute Gasteiger partial charge is 0.341 e. The minimum absolute atomic E-state index is 0.137. The number of nitrogens with one attached hydrogen (secondary N) is 2. The minimum Gasteiger partial charge on any atom is -0.462 e. The lowest BCUT2D eigenvalue weighted by molar-refractivity contribution is -0.119. The first-order valence-corrected chi connectivity index (χ1v) is 9.74. The number of hydrogen-bond acceptors (Lipinski definition) is 5. The summed E-state index contributed by atoms with van der Waals surface area (Å²) in [6, 6.07) is 11.5. The van der Waals surface area contributed by atoms with Gasteiger partial charge in [-0.15, -0.1) is 11.3 Å². The van der Waals surface area contributed by atoms with Crippen LogP contribution in [-0.2, 0) is 9.53 Å². The Balaban J connectivity index is 2.19. The standard InChI is InChI=1S/C19H22N2O3S2/c1-3-5-11-16(22)20-19(25)21-17-14(18(23)24-4-2)12-15(26-17)13-9-7-6-8-10-13/h6-10,12H,3-5,11H2,1-2H3,(H2,20,21,22,25). The van der Waals surface area contributed by atoms with Crippen molar-refractivity contribution in [2.24, 2.45) is 0 Å². The average Bonchev–Trinajstić information content (AvgIpc) is 3.04. The van der Waals surface area contributed by atoms with Gasteiger partial charge in [0.05, 0.1) is 12.2 Å². The van der Waals surface area contributed by atoms with E-state index in [1.807, 2.05) is 37.3 Å². The highest BCUT2D eigenvalue weighted by atomic mass is 32.1. The van der Waals surface area contributed by atoms with E-state index in [-0.39, 0.29) is 17.6 Å². The van der Waals surface area contributed by atoms with Crippen molar-refractivity contribution in [3.63, 3.8) is 0 Å². The molecular weight excluding hydrogens is 368 g/mol. The Morgan fingerprint density at radius 1 is 1.19 bits per heavy atom. The zero-order valence-corrected chi connectivity index (χ0v) is 16.5. The zero-order chi connectivity index (χ0) is 18.9. The van der Waals surface area contributed by atoms with Crippen LogP contribution in [0.1, 0.15) is 43.5 Å². The molecule has 0 fully saturated rings. The van der Waals surface area contributed by atoms with Crippen LogP contribution in [0, 0.1) is 0 Å². The number of thiophene rings is 1. The first-order valence-electron chi connectivity index (χ1n) is 8.52.